The van der Waals surface area contributed by atoms with Crippen LogP contribution in [0.4, 0.5) is 4.79 Å². The van der Waals surface area contributed by atoms with Gasteiger partial charge in [-0.15, -0.1) is 11.6 Å². The predicted octanol–water partition coefficient (Wildman–Crippen LogP) is 3.86. The van der Waals surface area contributed by atoms with Crippen LogP contribution in [-0.2, 0) is 33.2 Å². The normalized spacial score (nSPS) is 12.3. The number of carbonyl (C=O) groups excluding carboxylic acids is 1. The van der Waals surface area contributed by atoms with E-state index < -0.39 is 6.09 Å². The van der Waals surface area contributed by atoms with Gasteiger partial charge in [-0.25, -0.2) is 4.79 Å². The first kappa shape index (κ1) is 31.3. The molecule has 0 radical (unpaired) electrons. The summed E-state index contributed by atoms with van der Waals surface area (Å²) in [5.41, 5.74) is 4.79. The van der Waals surface area contributed by atoms with Crippen LogP contribution < -0.4 is 5.32 Å². The molecule has 9 nitrogen and oxygen atoms in total. The molecule has 2 aromatic carbocycles. The average molecular weight is 566 g/mol. The van der Waals surface area contributed by atoms with Gasteiger partial charge in [-0.3, -0.25) is 0 Å². The van der Waals surface area contributed by atoms with Crippen molar-refractivity contribution >= 4 is 17.7 Å². The standard InChI is InChI=1S/C29H40ClNO8/c30-9-11-33-13-15-35-17-19-37-21-22-38-20-18-36-16-14-34-12-10-31-29(32)39-23-28-26-7-3-1-5-24(26)25-6-2-4-8-27(25)28/h1-8,28H,9-23H2,(H,31,32). The van der Waals surface area contributed by atoms with Crippen LogP contribution in [0.2, 0.25) is 0 Å². The van der Waals surface area contributed by atoms with Crippen LogP contribution in [0.1, 0.15) is 17.0 Å². The summed E-state index contributed by atoms with van der Waals surface area (Å²) in [5.74, 6) is 0.540. The summed E-state index contributed by atoms with van der Waals surface area (Å²) in [7, 11) is 0. The number of carbonyl (C=O) groups is 1. The summed E-state index contributed by atoms with van der Waals surface area (Å²) < 4.78 is 37.9. The van der Waals surface area contributed by atoms with E-state index in [0.717, 1.165) is 0 Å². The second kappa shape index (κ2) is 19.8. The van der Waals surface area contributed by atoms with Crippen LogP contribution in [0.5, 0.6) is 0 Å². The Morgan fingerprint density at radius 3 is 1.49 bits per heavy atom. The summed E-state index contributed by atoms with van der Waals surface area (Å²) >= 11 is 5.51. The van der Waals surface area contributed by atoms with Crippen LogP contribution in [-0.4, -0.2) is 104 Å². The largest absolute Gasteiger partial charge is 0.449 e. The molecule has 1 aliphatic carbocycles. The minimum atomic E-state index is -0.446. The lowest BCUT2D eigenvalue weighted by atomic mass is 9.98. The molecule has 0 saturated heterocycles. The van der Waals surface area contributed by atoms with E-state index in [4.69, 9.17) is 44.8 Å². The van der Waals surface area contributed by atoms with E-state index in [2.05, 4.69) is 29.6 Å². The van der Waals surface area contributed by atoms with Gasteiger partial charge < -0.3 is 38.5 Å². The fraction of sp³-hybridized carbons (Fsp3) is 0.552. The van der Waals surface area contributed by atoms with Gasteiger partial charge in [-0.05, 0) is 22.3 Å². The fourth-order valence-corrected chi connectivity index (χ4v) is 4.24. The Hall–Kier alpha value is -2.24. The molecule has 0 heterocycles. The average Bonchev–Trinajstić information content (AvgIpc) is 3.28. The number of hydrogen-bond acceptors (Lipinski definition) is 8. The van der Waals surface area contributed by atoms with Gasteiger partial charge in [0.25, 0.3) is 0 Å². The minimum Gasteiger partial charge on any atom is -0.449 e. The number of ether oxygens (including phenoxy) is 7. The van der Waals surface area contributed by atoms with Gasteiger partial charge in [0.2, 0.25) is 0 Å². The van der Waals surface area contributed by atoms with Crippen LogP contribution in [0, 0.1) is 0 Å². The van der Waals surface area contributed by atoms with Crippen LogP contribution in [0.15, 0.2) is 48.5 Å². The molecule has 216 valence electrons. The number of rotatable bonds is 22. The van der Waals surface area contributed by atoms with Crippen molar-refractivity contribution < 1.29 is 38.0 Å². The fourth-order valence-electron chi connectivity index (χ4n) is 4.13. The molecule has 0 aliphatic heterocycles. The number of halogens is 1. The highest BCUT2D eigenvalue weighted by atomic mass is 35.5. The summed E-state index contributed by atoms with van der Waals surface area (Å²) in [5, 5.41) is 2.73. The number of hydrogen-bond donors (Lipinski definition) is 1. The lowest BCUT2D eigenvalue weighted by molar-refractivity contribution is -0.0159. The van der Waals surface area contributed by atoms with E-state index in [1.165, 1.54) is 22.3 Å². The Bertz CT molecular complexity index is 902. The van der Waals surface area contributed by atoms with Crippen LogP contribution >= 0.6 is 11.6 Å². The van der Waals surface area contributed by atoms with Crippen molar-refractivity contribution in [2.75, 3.05) is 98.3 Å². The number of fused-ring (bicyclic) bond motifs is 3. The summed E-state index contributed by atoms with van der Waals surface area (Å²) in [6.07, 6.45) is -0.446. The maximum Gasteiger partial charge on any atom is 0.407 e. The monoisotopic (exact) mass is 565 g/mol. The SMILES string of the molecule is O=C(NCCOCCOCCOCCOCCOCCOCCCl)OCC1c2ccccc2-c2ccccc21. The van der Waals surface area contributed by atoms with Crippen molar-refractivity contribution in [3.8, 4) is 11.1 Å². The number of nitrogens with one attached hydrogen (secondary N) is 1. The van der Waals surface area contributed by atoms with Crippen molar-refractivity contribution in [3.63, 3.8) is 0 Å². The molecule has 1 amide bonds. The molecular weight excluding hydrogens is 526 g/mol. The van der Waals surface area contributed by atoms with E-state index in [9.17, 15) is 4.79 Å². The van der Waals surface area contributed by atoms with Gasteiger partial charge in [-0.1, -0.05) is 48.5 Å². The van der Waals surface area contributed by atoms with Gasteiger partial charge in [0.1, 0.15) is 6.61 Å². The second-order valence-electron chi connectivity index (χ2n) is 8.62. The van der Waals surface area contributed by atoms with E-state index in [1.54, 1.807) is 0 Å². The predicted molar refractivity (Wildman–Crippen MR) is 149 cm³/mol. The van der Waals surface area contributed by atoms with Crippen molar-refractivity contribution in [3.05, 3.63) is 59.7 Å². The molecule has 1 aliphatic rings. The number of alkyl halides is 1. The molecule has 0 atom stereocenters. The summed E-state index contributed by atoms with van der Waals surface area (Å²) in [6, 6.07) is 16.5. The zero-order valence-electron chi connectivity index (χ0n) is 22.4. The summed E-state index contributed by atoms with van der Waals surface area (Å²) in [4.78, 5) is 12.2. The highest BCUT2D eigenvalue weighted by molar-refractivity contribution is 6.17. The number of amides is 1. The third-order valence-electron chi connectivity index (χ3n) is 5.94. The van der Waals surface area contributed by atoms with Gasteiger partial charge in [0.15, 0.2) is 0 Å². The Labute approximate surface area is 235 Å². The highest BCUT2D eigenvalue weighted by Crippen LogP contribution is 2.44. The Kier molecular flexibility index (Phi) is 15.9. The molecule has 39 heavy (non-hydrogen) atoms. The van der Waals surface area contributed by atoms with E-state index in [0.29, 0.717) is 98.3 Å². The molecule has 0 fully saturated rings. The maximum atomic E-state index is 12.2. The quantitative estimate of drug-likeness (QED) is 0.170. The molecular formula is C29H40ClNO8. The molecule has 1 N–H and O–H groups in total. The molecule has 10 heteroatoms. The molecule has 0 saturated carbocycles. The Balaban J connectivity index is 1.09. The zero-order valence-corrected chi connectivity index (χ0v) is 23.2. The first-order valence-corrected chi connectivity index (χ1v) is 14.0. The topological polar surface area (TPSA) is 93.7 Å². The van der Waals surface area contributed by atoms with Gasteiger partial charge in [0, 0.05) is 18.3 Å². The van der Waals surface area contributed by atoms with Crippen molar-refractivity contribution in [2.24, 2.45) is 0 Å². The molecule has 0 aromatic heterocycles. The first-order chi connectivity index (χ1) is 19.3. The minimum absolute atomic E-state index is 0.0464. The van der Waals surface area contributed by atoms with E-state index in [1.807, 2.05) is 24.3 Å². The molecule has 0 spiro atoms. The Morgan fingerprint density at radius 1 is 0.615 bits per heavy atom. The van der Waals surface area contributed by atoms with E-state index >= 15 is 0 Å². The lowest BCUT2D eigenvalue weighted by Gasteiger charge is -2.14. The molecule has 0 bridgehead atoms. The first-order valence-electron chi connectivity index (χ1n) is 13.4. The summed E-state index contributed by atoms with van der Waals surface area (Å²) in [6.45, 7) is 6.56. The second-order valence-corrected chi connectivity index (χ2v) is 8.99. The highest BCUT2D eigenvalue weighted by Gasteiger charge is 2.28. The van der Waals surface area contributed by atoms with Crippen molar-refractivity contribution in [1.82, 2.24) is 5.32 Å². The van der Waals surface area contributed by atoms with Crippen molar-refractivity contribution in [1.29, 1.82) is 0 Å². The lowest BCUT2D eigenvalue weighted by Crippen LogP contribution is -2.29. The maximum absolute atomic E-state index is 12.2. The van der Waals surface area contributed by atoms with Crippen molar-refractivity contribution in [2.45, 2.75) is 5.92 Å². The van der Waals surface area contributed by atoms with Crippen LogP contribution in [0.3, 0.4) is 0 Å². The third kappa shape index (κ3) is 11.8. The third-order valence-corrected chi connectivity index (χ3v) is 6.10. The molecule has 3 rings (SSSR count). The van der Waals surface area contributed by atoms with Gasteiger partial charge in [-0.2, -0.15) is 0 Å². The molecule has 0 unspecified atom stereocenters. The smallest absolute Gasteiger partial charge is 0.407 e. The van der Waals surface area contributed by atoms with E-state index in [-0.39, 0.29) is 5.92 Å². The zero-order chi connectivity index (χ0) is 27.4. The van der Waals surface area contributed by atoms with Gasteiger partial charge >= 0.3 is 6.09 Å². The number of alkyl carbamates (subject to hydrolysis) is 1. The Morgan fingerprint density at radius 2 is 1.03 bits per heavy atom. The van der Waals surface area contributed by atoms with Gasteiger partial charge in [0.05, 0.1) is 79.3 Å². The van der Waals surface area contributed by atoms with Crippen LogP contribution in [0.25, 0.3) is 11.1 Å². The molecule has 2 aromatic rings. The number of benzene rings is 2.